The molecule has 0 spiro atoms. The van der Waals surface area contributed by atoms with Gasteiger partial charge in [-0.05, 0) is 42.8 Å². The number of carbonyl (C=O) groups is 3. The number of carbonyl (C=O) groups excluding carboxylic acids is 3. The first kappa shape index (κ1) is 19.8. The van der Waals surface area contributed by atoms with Crippen molar-refractivity contribution in [3.63, 3.8) is 0 Å². The van der Waals surface area contributed by atoms with Crippen molar-refractivity contribution in [1.82, 2.24) is 0 Å². The number of ether oxygens (including phenoxy) is 1. The van der Waals surface area contributed by atoms with Gasteiger partial charge in [0.1, 0.15) is 0 Å². The second kappa shape index (κ2) is 9.32. The summed E-state index contributed by atoms with van der Waals surface area (Å²) in [6.07, 6.45) is 0. The van der Waals surface area contributed by atoms with E-state index < -0.39 is 18.5 Å². The van der Waals surface area contributed by atoms with Crippen LogP contribution in [0.2, 0.25) is 0 Å². The fraction of sp³-hybridized carbons (Fsp3) is 0.0870. The normalized spacial score (nSPS) is 10.1. The molecule has 3 rings (SSSR count). The molecule has 6 heteroatoms. The minimum absolute atomic E-state index is 0.301. The molecule has 2 N–H and O–H groups in total. The molecule has 0 aromatic heterocycles. The Morgan fingerprint density at radius 1 is 0.759 bits per heavy atom. The smallest absolute Gasteiger partial charge is 0.338 e. The van der Waals surface area contributed by atoms with Crippen LogP contribution in [0.4, 0.5) is 11.4 Å². The lowest BCUT2D eigenvalue weighted by Gasteiger charge is -2.12. The van der Waals surface area contributed by atoms with Gasteiger partial charge in [0.2, 0.25) is 0 Å². The third-order valence-electron chi connectivity index (χ3n) is 4.18. The maximum Gasteiger partial charge on any atom is 0.338 e. The highest BCUT2D eigenvalue weighted by molar-refractivity contribution is 6.10. The second-order valence-electron chi connectivity index (χ2n) is 6.30. The number of aryl methyl sites for hydroxylation is 1. The maximum atomic E-state index is 12.6. The Balaban J connectivity index is 1.63. The summed E-state index contributed by atoms with van der Waals surface area (Å²) in [7, 11) is 0. The molecule has 0 aliphatic heterocycles. The van der Waals surface area contributed by atoms with E-state index in [1.807, 2.05) is 24.3 Å². The molecule has 0 aliphatic carbocycles. The third kappa shape index (κ3) is 5.29. The predicted octanol–water partition coefficient (Wildman–Crippen LogP) is 4.04. The molecule has 2 amide bonds. The summed E-state index contributed by atoms with van der Waals surface area (Å²) in [6.45, 7) is 1.33. The first-order chi connectivity index (χ1) is 14.0. The largest absolute Gasteiger partial charge is 0.452 e. The van der Waals surface area contributed by atoms with Gasteiger partial charge in [-0.1, -0.05) is 48.5 Å². The van der Waals surface area contributed by atoms with Crippen LogP contribution in [0.3, 0.4) is 0 Å². The molecule has 0 fully saturated rings. The van der Waals surface area contributed by atoms with Crippen LogP contribution in [0.15, 0.2) is 78.9 Å². The van der Waals surface area contributed by atoms with Crippen molar-refractivity contribution in [2.24, 2.45) is 0 Å². The monoisotopic (exact) mass is 388 g/mol. The summed E-state index contributed by atoms with van der Waals surface area (Å²) in [4.78, 5) is 36.9. The average molecular weight is 388 g/mol. The highest BCUT2D eigenvalue weighted by atomic mass is 16.5. The van der Waals surface area contributed by atoms with Crippen LogP contribution in [0.25, 0.3) is 0 Å². The Labute approximate surface area is 168 Å². The number of para-hydroxylation sites is 2. The van der Waals surface area contributed by atoms with Crippen LogP contribution in [0, 0.1) is 6.92 Å². The zero-order valence-corrected chi connectivity index (χ0v) is 15.8. The molecule has 0 bridgehead atoms. The molecule has 0 saturated carbocycles. The molecule has 146 valence electrons. The molecule has 0 atom stereocenters. The van der Waals surface area contributed by atoms with E-state index in [0.717, 1.165) is 5.56 Å². The molecular formula is C23H20N2O4. The van der Waals surface area contributed by atoms with Crippen molar-refractivity contribution in [1.29, 1.82) is 0 Å². The number of anilines is 2. The topological polar surface area (TPSA) is 84.5 Å². The second-order valence-corrected chi connectivity index (χ2v) is 6.30. The number of nitrogens with one attached hydrogen (secondary N) is 2. The predicted molar refractivity (Wildman–Crippen MR) is 111 cm³/mol. The fourth-order valence-electron chi connectivity index (χ4n) is 2.71. The van der Waals surface area contributed by atoms with Crippen LogP contribution in [-0.2, 0) is 9.53 Å². The first-order valence-electron chi connectivity index (χ1n) is 9.02. The molecule has 0 heterocycles. The van der Waals surface area contributed by atoms with E-state index in [0.29, 0.717) is 22.5 Å². The Kier molecular flexibility index (Phi) is 6.37. The first-order valence-corrected chi connectivity index (χ1v) is 9.02. The Hall–Kier alpha value is -3.93. The lowest BCUT2D eigenvalue weighted by Crippen LogP contribution is -2.23. The molecule has 0 radical (unpaired) electrons. The van der Waals surface area contributed by atoms with Gasteiger partial charge in [-0.3, -0.25) is 9.59 Å². The van der Waals surface area contributed by atoms with Gasteiger partial charge in [-0.15, -0.1) is 0 Å². The standard InChI is InChI=1S/C23H20N2O4/c1-16-9-5-6-12-18(16)23(28)29-15-21(26)25-20-14-8-7-13-19(20)22(27)24-17-10-3-2-4-11-17/h2-14H,15H2,1H3,(H,24,27)(H,25,26). The molecule has 0 aliphatic rings. The summed E-state index contributed by atoms with van der Waals surface area (Å²) in [5.74, 6) is -1.47. The van der Waals surface area contributed by atoms with Crippen molar-refractivity contribution in [2.75, 3.05) is 17.2 Å². The SMILES string of the molecule is Cc1ccccc1C(=O)OCC(=O)Nc1ccccc1C(=O)Nc1ccccc1. The van der Waals surface area contributed by atoms with E-state index in [1.54, 1.807) is 61.5 Å². The van der Waals surface area contributed by atoms with Crippen molar-refractivity contribution in [3.8, 4) is 0 Å². The molecule has 29 heavy (non-hydrogen) atoms. The van der Waals surface area contributed by atoms with Gasteiger partial charge < -0.3 is 15.4 Å². The van der Waals surface area contributed by atoms with Crippen molar-refractivity contribution >= 4 is 29.2 Å². The van der Waals surface area contributed by atoms with E-state index in [-0.39, 0.29) is 5.91 Å². The molecule has 6 nitrogen and oxygen atoms in total. The van der Waals surface area contributed by atoms with Crippen LogP contribution >= 0.6 is 0 Å². The minimum Gasteiger partial charge on any atom is -0.452 e. The zero-order chi connectivity index (χ0) is 20.6. The Morgan fingerprint density at radius 2 is 1.38 bits per heavy atom. The van der Waals surface area contributed by atoms with Crippen LogP contribution in [0.5, 0.6) is 0 Å². The number of rotatable bonds is 6. The number of hydrogen-bond acceptors (Lipinski definition) is 4. The summed E-state index contributed by atoms with van der Waals surface area (Å²) in [5.41, 5.74) is 2.45. The van der Waals surface area contributed by atoms with Crippen molar-refractivity contribution in [2.45, 2.75) is 6.92 Å². The van der Waals surface area contributed by atoms with E-state index >= 15 is 0 Å². The maximum absolute atomic E-state index is 12.6. The van der Waals surface area contributed by atoms with E-state index in [1.165, 1.54) is 0 Å². The number of esters is 1. The molecule has 0 unspecified atom stereocenters. The van der Waals surface area contributed by atoms with Crippen LogP contribution < -0.4 is 10.6 Å². The highest BCUT2D eigenvalue weighted by Gasteiger charge is 2.15. The number of amides is 2. The molecule has 0 saturated heterocycles. The van der Waals surface area contributed by atoms with Gasteiger partial charge in [-0.25, -0.2) is 4.79 Å². The average Bonchev–Trinajstić information content (AvgIpc) is 2.73. The van der Waals surface area contributed by atoms with Gasteiger partial charge in [0.25, 0.3) is 11.8 Å². The minimum atomic E-state index is -0.576. The van der Waals surface area contributed by atoms with E-state index in [9.17, 15) is 14.4 Å². The Morgan fingerprint density at radius 3 is 2.10 bits per heavy atom. The summed E-state index contributed by atoms with van der Waals surface area (Å²) < 4.78 is 5.09. The lowest BCUT2D eigenvalue weighted by atomic mass is 10.1. The van der Waals surface area contributed by atoms with Crippen LogP contribution in [0.1, 0.15) is 26.3 Å². The van der Waals surface area contributed by atoms with E-state index in [2.05, 4.69) is 10.6 Å². The number of benzene rings is 3. The Bertz CT molecular complexity index is 1030. The van der Waals surface area contributed by atoms with E-state index in [4.69, 9.17) is 4.74 Å². The fourth-order valence-corrected chi connectivity index (χ4v) is 2.71. The van der Waals surface area contributed by atoms with Gasteiger partial charge in [-0.2, -0.15) is 0 Å². The summed E-state index contributed by atoms with van der Waals surface area (Å²) in [6, 6.07) is 22.6. The summed E-state index contributed by atoms with van der Waals surface area (Å²) in [5, 5.41) is 5.40. The van der Waals surface area contributed by atoms with Gasteiger partial charge in [0, 0.05) is 5.69 Å². The zero-order valence-electron chi connectivity index (χ0n) is 15.8. The molecule has 3 aromatic rings. The van der Waals surface area contributed by atoms with Gasteiger partial charge >= 0.3 is 5.97 Å². The van der Waals surface area contributed by atoms with Gasteiger partial charge in [0.15, 0.2) is 6.61 Å². The van der Waals surface area contributed by atoms with Crippen molar-refractivity contribution < 1.29 is 19.1 Å². The summed E-state index contributed by atoms with van der Waals surface area (Å²) >= 11 is 0. The molecule has 3 aromatic carbocycles. The third-order valence-corrected chi connectivity index (χ3v) is 4.18. The number of hydrogen-bond donors (Lipinski definition) is 2. The van der Waals surface area contributed by atoms with Gasteiger partial charge in [0.05, 0.1) is 16.8 Å². The lowest BCUT2D eigenvalue weighted by molar-refractivity contribution is -0.119. The quantitative estimate of drug-likeness (QED) is 0.624. The van der Waals surface area contributed by atoms with Crippen LogP contribution in [-0.4, -0.2) is 24.4 Å². The molecular weight excluding hydrogens is 368 g/mol. The van der Waals surface area contributed by atoms with Crippen molar-refractivity contribution in [3.05, 3.63) is 95.6 Å². The highest BCUT2D eigenvalue weighted by Crippen LogP contribution is 2.17.